The van der Waals surface area contributed by atoms with Crippen molar-refractivity contribution in [2.45, 2.75) is 0 Å². The van der Waals surface area contributed by atoms with E-state index in [1.54, 1.807) is 0 Å². The van der Waals surface area contributed by atoms with E-state index < -0.39 is 0 Å². The fourth-order valence-corrected chi connectivity index (χ4v) is 0. The largest absolute Gasteiger partial charge is 0.473 e. The molecular weight excluding hydrogens is 116 g/mol. The average molecular weight is 123 g/mol. The third kappa shape index (κ3) is 136. The van der Waals surface area contributed by atoms with Crippen LogP contribution in [0.3, 0.4) is 0 Å². The number of hydrogen-bond acceptors (Lipinski definition) is 3. The van der Waals surface area contributed by atoms with Crippen molar-refractivity contribution in [1.29, 1.82) is 0 Å². The highest BCUT2D eigenvalue weighted by atomic mass is 32.1. The van der Waals surface area contributed by atoms with Crippen LogP contribution in [0.2, 0.25) is 0 Å². The number of aliphatic hydroxyl groups is 1. The molecule has 0 bridgehead atoms. The second-order valence-corrected chi connectivity index (χ2v) is 0.986. The Morgan fingerprint density at radius 3 is 1.86 bits per heavy atom. The maximum Gasteiger partial charge on any atom is 0.414 e. The van der Waals surface area contributed by atoms with Gasteiger partial charge in [0.1, 0.15) is 0 Å². The van der Waals surface area contributed by atoms with E-state index >= 15 is 0 Å². The molecule has 0 aromatic heterocycles. The molecule has 0 heterocycles. The fourth-order valence-electron chi connectivity index (χ4n) is 0. The summed E-state index contributed by atoms with van der Waals surface area (Å²) < 4.78 is 0. The SMILES string of the molecule is O=[C]O.OCCS. The van der Waals surface area contributed by atoms with Crippen LogP contribution in [0.1, 0.15) is 0 Å². The third-order valence-electron chi connectivity index (χ3n) is 0.1000. The van der Waals surface area contributed by atoms with Crippen LogP contribution in [0.25, 0.3) is 0 Å². The molecule has 0 aliphatic carbocycles. The van der Waals surface area contributed by atoms with E-state index in [0.717, 1.165) is 0 Å². The molecule has 0 spiro atoms. The van der Waals surface area contributed by atoms with E-state index in [2.05, 4.69) is 12.6 Å². The molecule has 0 aliphatic rings. The van der Waals surface area contributed by atoms with E-state index in [9.17, 15) is 0 Å². The van der Waals surface area contributed by atoms with Crippen molar-refractivity contribution in [2.75, 3.05) is 12.4 Å². The lowest BCUT2D eigenvalue weighted by atomic mass is 10.9. The predicted octanol–water partition coefficient (Wildman–Crippen LogP) is -0.480. The molecule has 1 radical (unpaired) electrons. The Morgan fingerprint density at radius 1 is 1.71 bits per heavy atom. The highest BCUT2D eigenvalue weighted by molar-refractivity contribution is 7.80. The summed E-state index contributed by atoms with van der Waals surface area (Å²) in [6.07, 6.45) is 0. The van der Waals surface area contributed by atoms with Crippen molar-refractivity contribution in [3.63, 3.8) is 0 Å². The van der Waals surface area contributed by atoms with Gasteiger partial charge in [0, 0.05) is 5.75 Å². The van der Waals surface area contributed by atoms with Crippen molar-refractivity contribution in [3.05, 3.63) is 0 Å². The van der Waals surface area contributed by atoms with E-state index in [1.807, 2.05) is 0 Å². The first-order valence-electron chi connectivity index (χ1n) is 1.56. The van der Waals surface area contributed by atoms with Crippen molar-refractivity contribution in [3.8, 4) is 0 Å². The molecule has 0 atom stereocenters. The minimum absolute atomic E-state index is 0.184. The Bertz CT molecular complexity index is 29.4. The van der Waals surface area contributed by atoms with Crippen molar-refractivity contribution >= 4 is 19.1 Å². The van der Waals surface area contributed by atoms with Gasteiger partial charge in [-0.3, -0.25) is 0 Å². The molecule has 0 saturated heterocycles. The quantitative estimate of drug-likeness (QED) is 0.413. The van der Waals surface area contributed by atoms with Crippen LogP contribution in [0.15, 0.2) is 0 Å². The molecule has 2 N–H and O–H groups in total. The zero-order chi connectivity index (χ0) is 6.12. The molecular formula is C3H7O3S. The molecule has 0 unspecified atom stereocenters. The summed E-state index contributed by atoms with van der Waals surface area (Å²) in [5, 5.41) is 14.6. The zero-order valence-electron chi connectivity index (χ0n) is 3.66. The van der Waals surface area contributed by atoms with Crippen LogP contribution >= 0.6 is 12.6 Å². The van der Waals surface area contributed by atoms with Crippen LogP contribution in [0, 0.1) is 0 Å². The van der Waals surface area contributed by atoms with Gasteiger partial charge < -0.3 is 10.2 Å². The Hall–Kier alpha value is -0.220. The highest BCUT2D eigenvalue weighted by Gasteiger charge is 1.57. The summed E-state index contributed by atoms with van der Waals surface area (Å²) in [7, 11) is 0. The fraction of sp³-hybridized carbons (Fsp3) is 0.667. The maximum atomic E-state index is 8.24. The normalized spacial score (nSPS) is 6.00. The Balaban J connectivity index is 0. The topological polar surface area (TPSA) is 57.5 Å². The van der Waals surface area contributed by atoms with Gasteiger partial charge in [0.25, 0.3) is 0 Å². The molecule has 0 fully saturated rings. The van der Waals surface area contributed by atoms with Crippen LogP contribution in [0.4, 0.5) is 0 Å². The summed E-state index contributed by atoms with van der Waals surface area (Å²) >= 11 is 3.67. The Labute approximate surface area is 47.4 Å². The second kappa shape index (κ2) is 17.1. The van der Waals surface area contributed by atoms with E-state index in [0.29, 0.717) is 12.2 Å². The second-order valence-electron chi connectivity index (χ2n) is 0.539. The van der Waals surface area contributed by atoms with Gasteiger partial charge >= 0.3 is 6.47 Å². The molecule has 4 heteroatoms. The molecule has 3 nitrogen and oxygen atoms in total. The molecule has 0 amide bonds. The molecule has 0 aromatic rings. The van der Waals surface area contributed by atoms with Gasteiger partial charge in [-0.25, -0.2) is 4.79 Å². The minimum Gasteiger partial charge on any atom is -0.473 e. The first-order valence-corrected chi connectivity index (χ1v) is 2.19. The van der Waals surface area contributed by atoms with Gasteiger partial charge in [0.15, 0.2) is 0 Å². The van der Waals surface area contributed by atoms with Crippen LogP contribution in [-0.4, -0.2) is 29.0 Å². The van der Waals surface area contributed by atoms with E-state index in [4.69, 9.17) is 15.0 Å². The lowest BCUT2D eigenvalue weighted by Crippen LogP contribution is -1.76. The number of aliphatic hydroxyl groups excluding tert-OH is 2. The van der Waals surface area contributed by atoms with Crippen molar-refractivity contribution in [2.24, 2.45) is 0 Å². The van der Waals surface area contributed by atoms with Gasteiger partial charge in [-0.1, -0.05) is 0 Å². The van der Waals surface area contributed by atoms with Crippen LogP contribution < -0.4 is 0 Å². The predicted molar refractivity (Wildman–Crippen MR) is 29.3 cm³/mol. The summed E-state index contributed by atoms with van der Waals surface area (Å²) in [5.74, 6) is 0.569. The van der Waals surface area contributed by atoms with E-state index in [-0.39, 0.29) is 6.61 Å². The van der Waals surface area contributed by atoms with Crippen molar-refractivity contribution in [1.82, 2.24) is 0 Å². The van der Waals surface area contributed by atoms with Crippen molar-refractivity contribution < 1.29 is 15.0 Å². The lowest BCUT2D eigenvalue weighted by molar-refractivity contribution is 0.323. The Morgan fingerprint density at radius 2 is 1.86 bits per heavy atom. The highest BCUT2D eigenvalue weighted by Crippen LogP contribution is 1.61. The smallest absolute Gasteiger partial charge is 0.414 e. The molecule has 0 rings (SSSR count). The molecule has 0 saturated carbocycles. The summed E-state index contributed by atoms with van der Waals surface area (Å²) in [6.45, 7) is 0.684. The van der Waals surface area contributed by atoms with Gasteiger partial charge in [0.05, 0.1) is 6.61 Å². The minimum atomic E-state index is 0.184. The van der Waals surface area contributed by atoms with Gasteiger partial charge in [0.2, 0.25) is 0 Å². The third-order valence-corrected chi connectivity index (χ3v) is 0.300. The Kier molecular flexibility index (Phi) is 24.2. The molecule has 0 aromatic carbocycles. The molecule has 0 aliphatic heterocycles. The first kappa shape index (κ1) is 9.91. The summed E-state index contributed by atoms with van der Waals surface area (Å²) in [5.41, 5.74) is 0. The number of rotatable bonds is 1. The maximum absolute atomic E-state index is 8.24. The van der Waals surface area contributed by atoms with E-state index in [1.165, 1.54) is 0 Å². The van der Waals surface area contributed by atoms with Gasteiger partial charge in [-0.15, -0.1) is 0 Å². The summed E-state index contributed by atoms with van der Waals surface area (Å²) in [6, 6.07) is 0. The van der Waals surface area contributed by atoms with Crippen LogP contribution in [0.5, 0.6) is 0 Å². The first-order chi connectivity index (χ1) is 3.33. The average Bonchev–Trinajstić information content (AvgIpc) is 1.69. The van der Waals surface area contributed by atoms with Crippen LogP contribution in [-0.2, 0) is 4.79 Å². The monoisotopic (exact) mass is 123 g/mol. The number of thiol groups is 1. The lowest BCUT2D eigenvalue weighted by Gasteiger charge is -1.69. The molecule has 43 valence electrons. The number of hydrogen-bond donors (Lipinski definition) is 3. The molecule has 7 heavy (non-hydrogen) atoms. The zero-order valence-corrected chi connectivity index (χ0v) is 4.56. The van der Waals surface area contributed by atoms with Gasteiger partial charge in [-0.05, 0) is 0 Å². The standard InChI is InChI=1S/C2H6OS.CHO2/c3-1-2-4;2-1-3/h3-4H,1-2H2;(H,2,3). The summed E-state index contributed by atoms with van der Waals surface area (Å²) in [4.78, 5) is 8.24. The van der Waals surface area contributed by atoms with Gasteiger partial charge in [-0.2, -0.15) is 12.6 Å².